The predicted molar refractivity (Wildman–Crippen MR) is 84.5 cm³/mol. The highest BCUT2D eigenvalue weighted by Crippen LogP contribution is 2.18. The highest BCUT2D eigenvalue weighted by molar-refractivity contribution is 5.94. The monoisotopic (exact) mass is 287 g/mol. The standard InChI is InChI=1S/C17H25N3O/c1-13(2)19-7-9-20(10-8-19)17(21)15-4-3-14-5-6-18-12-16(14)11-15/h3-4,11,13,18H,5-10,12H2,1-2H3. The second kappa shape index (κ2) is 6.16. The maximum atomic E-state index is 12.6. The summed E-state index contributed by atoms with van der Waals surface area (Å²) in [5, 5.41) is 3.37. The van der Waals surface area contributed by atoms with Gasteiger partial charge in [0, 0.05) is 44.3 Å². The Kier molecular flexibility index (Phi) is 4.27. The third kappa shape index (κ3) is 3.11. The van der Waals surface area contributed by atoms with Crippen LogP contribution < -0.4 is 5.32 Å². The molecule has 21 heavy (non-hydrogen) atoms. The molecule has 1 fully saturated rings. The van der Waals surface area contributed by atoms with Gasteiger partial charge in [0.05, 0.1) is 0 Å². The number of nitrogens with one attached hydrogen (secondary N) is 1. The molecule has 2 aliphatic rings. The highest BCUT2D eigenvalue weighted by Gasteiger charge is 2.23. The Balaban J connectivity index is 1.68. The number of piperazine rings is 1. The lowest BCUT2D eigenvalue weighted by atomic mass is 9.98. The van der Waals surface area contributed by atoms with E-state index in [1.807, 2.05) is 11.0 Å². The normalized spacial score (nSPS) is 19.7. The van der Waals surface area contributed by atoms with Crippen LogP contribution in [-0.2, 0) is 13.0 Å². The quantitative estimate of drug-likeness (QED) is 0.895. The van der Waals surface area contributed by atoms with Gasteiger partial charge in [0.1, 0.15) is 0 Å². The largest absolute Gasteiger partial charge is 0.336 e. The second-order valence-corrected chi connectivity index (χ2v) is 6.33. The van der Waals surface area contributed by atoms with Crippen LogP contribution in [0.3, 0.4) is 0 Å². The van der Waals surface area contributed by atoms with E-state index in [9.17, 15) is 4.79 Å². The highest BCUT2D eigenvalue weighted by atomic mass is 16.2. The molecule has 0 unspecified atom stereocenters. The minimum Gasteiger partial charge on any atom is -0.336 e. The molecule has 1 N–H and O–H groups in total. The number of fused-ring (bicyclic) bond motifs is 1. The predicted octanol–water partition coefficient (Wildman–Crippen LogP) is 1.50. The fourth-order valence-electron chi connectivity index (χ4n) is 3.24. The lowest BCUT2D eigenvalue weighted by Crippen LogP contribution is -2.50. The summed E-state index contributed by atoms with van der Waals surface area (Å²) < 4.78 is 0. The maximum Gasteiger partial charge on any atom is 0.253 e. The molecule has 1 aromatic rings. The Morgan fingerprint density at radius 3 is 2.62 bits per heavy atom. The van der Waals surface area contributed by atoms with Crippen molar-refractivity contribution in [2.45, 2.75) is 32.9 Å². The number of hydrogen-bond acceptors (Lipinski definition) is 3. The average Bonchev–Trinajstić information content (AvgIpc) is 2.54. The van der Waals surface area contributed by atoms with Gasteiger partial charge in [0.25, 0.3) is 5.91 Å². The summed E-state index contributed by atoms with van der Waals surface area (Å²) in [6.45, 7) is 10.0. The number of hydrogen-bond donors (Lipinski definition) is 1. The van der Waals surface area contributed by atoms with Gasteiger partial charge >= 0.3 is 0 Å². The lowest BCUT2D eigenvalue weighted by Gasteiger charge is -2.37. The molecule has 2 aliphatic heterocycles. The maximum absolute atomic E-state index is 12.6. The van der Waals surface area contributed by atoms with E-state index < -0.39 is 0 Å². The van der Waals surface area contributed by atoms with Crippen molar-refractivity contribution in [2.75, 3.05) is 32.7 Å². The van der Waals surface area contributed by atoms with Crippen LogP contribution in [0, 0.1) is 0 Å². The molecule has 3 rings (SSSR count). The van der Waals surface area contributed by atoms with Gasteiger partial charge in [-0.05, 0) is 50.1 Å². The first-order chi connectivity index (χ1) is 10.1. The van der Waals surface area contributed by atoms with E-state index in [1.54, 1.807) is 0 Å². The zero-order valence-corrected chi connectivity index (χ0v) is 13.1. The van der Waals surface area contributed by atoms with Crippen LogP contribution in [0.5, 0.6) is 0 Å². The molecule has 4 nitrogen and oxygen atoms in total. The van der Waals surface area contributed by atoms with Crippen LogP contribution in [0.1, 0.15) is 35.3 Å². The Morgan fingerprint density at radius 1 is 1.14 bits per heavy atom. The van der Waals surface area contributed by atoms with Crippen LogP contribution in [0.25, 0.3) is 0 Å². The molecule has 0 bridgehead atoms. The molecule has 1 saturated heterocycles. The number of carbonyl (C=O) groups is 1. The average molecular weight is 287 g/mol. The Hall–Kier alpha value is -1.39. The molecule has 0 saturated carbocycles. The first kappa shape index (κ1) is 14.5. The van der Waals surface area contributed by atoms with Crippen molar-refractivity contribution < 1.29 is 4.79 Å². The third-order valence-electron chi connectivity index (χ3n) is 4.67. The molecular weight excluding hydrogens is 262 g/mol. The lowest BCUT2D eigenvalue weighted by molar-refractivity contribution is 0.0595. The second-order valence-electron chi connectivity index (χ2n) is 6.33. The van der Waals surface area contributed by atoms with Crippen molar-refractivity contribution in [3.63, 3.8) is 0 Å². The summed E-state index contributed by atoms with van der Waals surface area (Å²) >= 11 is 0. The number of amides is 1. The van der Waals surface area contributed by atoms with E-state index >= 15 is 0 Å². The summed E-state index contributed by atoms with van der Waals surface area (Å²) in [6.07, 6.45) is 1.07. The van der Waals surface area contributed by atoms with E-state index in [1.165, 1.54) is 11.1 Å². The number of rotatable bonds is 2. The first-order valence-corrected chi connectivity index (χ1v) is 8.01. The zero-order valence-electron chi connectivity index (χ0n) is 13.1. The van der Waals surface area contributed by atoms with E-state index in [4.69, 9.17) is 0 Å². The fourth-order valence-corrected chi connectivity index (χ4v) is 3.24. The molecule has 4 heteroatoms. The van der Waals surface area contributed by atoms with E-state index in [-0.39, 0.29) is 5.91 Å². The Labute approximate surface area is 127 Å². The Bertz CT molecular complexity index is 519. The SMILES string of the molecule is CC(C)N1CCN(C(=O)c2ccc3c(c2)CNCC3)CC1. The van der Waals surface area contributed by atoms with Crippen molar-refractivity contribution in [2.24, 2.45) is 0 Å². The summed E-state index contributed by atoms with van der Waals surface area (Å²) in [4.78, 5) is 17.1. The molecule has 114 valence electrons. The molecule has 1 amide bonds. The third-order valence-corrected chi connectivity index (χ3v) is 4.67. The van der Waals surface area contributed by atoms with Crippen molar-refractivity contribution in [1.82, 2.24) is 15.1 Å². The molecule has 0 radical (unpaired) electrons. The Morgan fingerprint density at radius 2 is 1.90 bits per heavy atom. The van der Waals surface area contributed by atoms with Gasteiger partial charge in [0.15, 0.2) is 0 Å². The fraction of sp³-hybridized carbons (Fsp3) is 0.588. The molecule has 2 heterocycles. The van der Waals surface area contributed by atoms with E-state index in [0.717, 1.165) is 51.3 Å². The van der Waals surface area contributed by atoms with Crippen molar-refractivity contribution in [1.29, 1.82) is 0 Å². The van der Waals surface area contributed by atoms with Crippen molar-refractivity contribution >= 4 is 5.91 Å². The summed E-state index contributed by atoms with van der Waals surface area (Å²) in [5.74, 6) is 0.187. The molecule has 0 atom stereocenters. The molecular formula is C17H25N3O. The molecule has 0 aromatic heterocycles. The summed E-state index contributed by atoms with van der Waals surface area (Å²) in [7, 11) is 0. The topological polar surface area (TPSA) is 35.6 Å². The van der Waals surface area contributed by atoms with Crippen LogP contribution in [0.2, 0.25) is 0 Å². The smallest absolute Gasteiger partial charge is 0.253 e. The minimum atomic E-state index is 0.187. The molecule has 0 aliphatic carbocycles. The summed E-state index contributed by atoms with van der Waals surface area (Å²) in [5.41, 5.74) is 3.51. The van der Waals surface area contributed by atoms with Gasteiger partial charge < -0.3 is 10.2 Å². The number of carbonyl (C=O) groups excluding carboxylic acids is 1. The summed E-state index contributed by atoms with van der Waals surface area (Å²) in [6, 6.07) is 6.78. The number of benzene rings is 1. The van der Waals surface area contributed by atoms with Crippen LogP contribution in [0.4, 0.5) is 0 Å². The van der Waals surface area contributed by atoms with Crippen LogP contribution in [0.15, 0.2) is 18.2 Å². The van der Waals surface area contributed by atoms with Crippen molar-refractivity contribution in [3.05, 3.63) is 34.9 Å². The number of nitrogens with zero attached hydrogens (tertiary/aromatic N) is 2. The van der Waals surface area contributed by atoms with Gasteiger partial charge in [-0.3, -0.25) is 9.69 Å². The van der Waals surface area contributed by atoms with Gasteiger partial charge in [-0.25, -0.2) is 0 Å². The zero-order chi connectivity index (χ0) is 14.8. The van der Waals surface area contributed by atoms with Gasteiger partial charge in [-0.1, -0.05) is 6.07 Å². The van der Waals surface area contributed by atoms with E-state index in [0.29, 0.717) is 6.04 Å². The van der Waals surface area contributed by atoms with Gasteiger partial charge in [-0.15, -0.1) is 0 Å². The first-order valence-electron chi connectivity index (χ1n) is 8.01. The van der Waals surface area contributed by atoms with Crippen molar-refractivity contribution in [3.8, 4) is 0 Å². The van der Waals surface area contributed by atoms with Gasteiger partial charge in [0.2, 0.25) is 0 Å². The van der Waals surface area contributed by atoms with Gasteiger partial charge in [-0.2, -0.15) is 0 Å². The van der Waals surface area contributed by atoms with Crippen LogP contribution >= 0.6 is 0 Å². The molecule has 0 spiro atoms. The minimum absolute atomic E-state index is 0.187. The van der Waals surface area contributed by atoms with Crippen LogP contribution in [-0.4, -0.2) is 54.5 Å². The van der Waals surface area contributed by atoms with E-state index in [2.05, 4.69) is 36.2 Å². The molecule has 1 aromatic carbocycles.